The highest BCUT2D eigenvalue weighted by Crippen LogP contribution is 2.37. The van der Waals surface area contributed by atoms with E-state index in [1.807, 2.05) is 0 Å². The van der Waals surface area contributed by atoms with Crippen LogP contribution in [0.2, 0.25) is 0 Å². The zero-order chi connectivity index (χ0) is 14.6. The molecule has 0 unspecified atom stereocenters. The number of carbonyl (C=O) groups is 3. The maximum atomic E-state index is 10.4. The molecule has 0 saturated heterocycles. The van der Waals surface area contributed by atoms with Crippen molar-refractivity contribution in [2.45, 2.75) is 0 Å². The van der Waals surface area contributed by atoms with Gasteiger partial charge in [0.2, 0.25) is 0 Å². The molecule has 0 aliphatic heterocycles. The van der Waals surface area contributed by atoms with Crippen molar-refractivity contribution in [2.75, 3.05) is 5.73 Å². The number of nitrogens with two attached hydrogens (primary N) is 1. The number of ether oxygens (including phenoxy) is 3. The van der Waals surface area contributed by atoms with Crippen LogP contribution in [0.15, 0.2) is 12.1 Å². The fraction of sp³-hybridized carbons (Fsp3) is 0. The van der Waals surface area contributed by atoms with E-state index in [0.717, 1.165) is 12.1 Å². The number of anilines is 1. The minimum atomic E-state index is -1.76. The smallest absolute Gasteiger partial charge is 0.449 e. The predicted molar refractivity (Wildman–Crippen MR) is 56.8 cm³/mol. The van der Waals surface area contributed by atoms with Gasteiger partial charge in [0.1, 0.15) is 0 Å². The van der Waals surface area contributed by atoms with Gasteiger partial charge in [-0.3, -0.25) is 0 Å². The van der Waals surface area contributed by atoms with Gasteiger partial charge in [-0.05, 0) is 0 Å². The molecule has 0 fully saturated rings. The number of hydrogen-bond acceptors (Lipinski definition) is 7. The van der Waals surface area contributed by atoms with Crippen LogP contribution in [0.4, 0.5) is 20.1 Å². The minimum absolute atomic E-state index is 0.281. The van der Waals surface area contributed by atoms with Gasteiger partial charge in [0.25, 0.3) is 0 Å². The predicted octanol–water partition coefficient (Wildman–Crippen LogP) is 1.44. The zero-order valence-electron chi connectivity index (χ0n) is 9.02. The molecular formula is C9H7NO9. The average Bonchev–Trinajstić information content (AvgIpc) is 2.22. The van der Waals surface area contributed by atoms with E-state index < -0.39 is 35.7 Å². The third-order valence-corrected chi connectivity index (χ3v) is 1.67. The van der Waals surface area contributed by atoms with Crippen molar-refractivity contribution in [3.8, 4) is 17.2 Å². The summed E-state index contributed by atoms with van der Waals surface area (Å²) in [5.74, 6) is -1.54. The third kappa shape index (κ3) is 3.96. The summed E-state index contributed by atoms with van der Waals surface area (Å²) in [7, 11) is 0. The molecule has 1 aromatic carbocycles. The number of benzene rings is 1. The van der Waals surface area contributed by atoms with Gasteiger partial charge in [0.15, 0.2) is 17.2 Å². The fourth-order valence-corrected chi connectivity index (χ4v) is 1.09. The van der Waals surface area contributed by atoms with E-state index in [4.69, 9.17) is 21.1 Å². The second-order valence-corrected chi connectivity index (χ2v) is 2.94. The van der Waals surface area contributed by atoms with E-state index >= 15 is 0 Å². The molecule has 102 valence electrons. The normalized spacial score (nSPS) is 9.47. The number of rotatable bonds is 3. The summed E-state index contributed by atoms with van der Waals surface area (Å²) in [5, 5.41) is 25.3. The Balaban J connectivity index is 3.23. The van der Waals surface area contributed by atoms with Gasteiger partial charge in [0.05, 0.1) is 5.69 Å². The van der Waals surface area contributed by atoms with Crippen molar-refractivity contribution in [3.63, 3.8) is 0 Å². The Kier molecular flexibility index (Phi) is 3.98. The minimum Gasteiger partial charge on any atom is -0.449 e. The number of carboxylic acid groups (broad SMARTS) is 3. The highest BCUT2D eigenvalue weighted by molar-refractivity contribution is 5.73. The van der Waals surface area contributed by atoms with Gasteiger partial charge < -0.3 is 35.3 Å². The molecule has 0 radical (unpaired) electrons. The molecule has 0 bridgehead atoms. The lowest BCUT2D eigenvalue weighted by Crippen LogP contribution is -2.11. The van der Waals surface area contributed by atoms with Gasteiger partial charge in [0, 0.05) is 12.1 Å². The van der Waals surface area contributed by atoms with Crippen LogP contribution in [0.3, 0.4) is 0 Å². The van der Waals surface area contributed by atoms with E-state index in [-0.39, 0.29) is 5.69 Å². The molecule has 10 heteroatoms. The molecule has 0 aliphatic rings. The van der Waals surface area contributed by atoms with Crippen LogP contribution in [-0.4, -0.2) is 33.8 Å². The summed E-state index contributed by atoms with van der Waals surface area (Å²) in [6, 6.07) is 1.63. The fourth-order valence-electron chi connectivity index (χ4n) is 1.09. The highest BCUT2D eigenvalue weighted by atomic mass is 16.7. The second kappa shape index (κ2) is 5.44. The molecule has 0 aliphatic carbocycles. The SMILES string of the molecule is Nc1cc(OC(=O)O)c(OC(=O)O)cc1OC(=O)O. The number of nitrogen functional groups attached to an aromatic ring is 1. The summed E-state index contributed by atoms with van der Waals surface area (Å²) in [5.41, 5.74) is 5.10. The molecule has 1 rings (SSSR count). The summed E-state index contributed by atoms with van der Waals surface area (Å²) in [6.07, 6.45) is -5.19. The van der Waals surface area contributed by atoms with Crippen LogP contribution in [-0.2, 0) is 0 Å². The first-order chi connectivity index (χ1) is 8.79. The van der Waals surface area contributed by atoms with E-state index in [0.29, 0.717) is 0 Å². The second-order valence-electron chi connectivity index (χ2n) is 2.94. The van der Waals surface area contributed by atoms with Crippen LogP contribution in [0, 0.1) is 0 Å². The molecule has 0 spiro atoms. The molecule has 5 N–H and O–H groups in total. The molecule has 0 atom stereocenters. The highest BCUT2D eigenvalue weighted by Gasteiger charge is 2.18. The molecule has 0 aromatic heterocycles. The lowest BCUT2D eigenvalue weighted by Gasteiger charge is -2.10. The first kappa shape index (κ1) is 13.9. The third-order valence-electron chi connectivity index (χ3n) is 1.67. The Labute approximate surface area is 104 Å². The molecule has 0 saturated carbocycles. The van der Waals surface area contributed by atoms with Crippen LogP contribution >= 0.6 is 0 Å². The van der Waals surface area contributed by atoms with Crippen molar-refractivity contribution < 1.29 is 43.9 Å². The Morgan fingerprint density at radius 1 is 0.789 bits per heavy atom. The van der Waals surface area contributed by atoms with E-state index in [2.05, 4.69) is 14.2 Å². The van der Waals surface area contributed by atoms with Crippen molar-refractivity contribution >= 4 is 24.2 Å². The van der Waals surface area contributed by atoms with Crippen molar-refractivity contribution in [2.24, 2.45) is 0 Å². The number of hydrogen-bond donors (Lipinski definition) is 4. The lowest BCUT2D eigenvalue weighted by atomic mass is 10.2. The van der Waals surface area contributed by atoms with Crippen LogP contribution < -0.4 is 19.9 Å². The molecule has 19 heavy (non-hydrogen) atoms. The maximum absolute atomic E-state index is 10.4. The molecular weight excluding hydrogens is 266 g/mol. The standard InChI is InChI=1S/C9H7NO9/c10-3-1-5(18-8(13)14)6(19-9(15)16)2-4(3)17-7(11)12/h1-2H,10H2,(H,11,12)(H,13,14)(H,15,16). The first-order valence-electron chi connectivity index (χ1n) is 4.45. The van der Waals surface area contributed by atoms with Crippen molar-refractivity contribution in [1.82, 2.24) is 0 Å². The maximum Gasteiger partial charge on any atom is 0.511 e. The largest absolute Gasteiger partial charge is 0.511 e. The van der Waals surface area contributed by atoms with Crippen molar-refractivity contribution in [1.29, 1.82) is 0 Å². The van der Waals surface area contributed by atoms with E-state index in [1.165, 1.54) is 0 Å². The molecule has 10 nitrogen and oxygen atoms in total. The Morgan fingerprint density at radius 2 is 1.16 bits per heavy atom. The lowest BCUT2D eigenvalue weighted by molar-refractivity contribution is 0.132. The van der Waals surface area contributed by atoms with Gasteiger partial charge in [-0.25, -0.2) is 14.4 Å². The van der Waals surface area contributed by atoms with Crippen LogP contribution in [0.25, 0.3) is 0 Å². The first-order valence-corrected chi connectivity index (χ1v) is 4.45. The average molecular weight is 273 g/mol. The van der Waals surface area contributed by atoms with Crippen molar-refractivity contribution in [3.05, 3.63) is 12.1 Å². The summed E-state index contributed by atoms with van der Waals surface area (Å²) >= 11 is 0. The summed E-state index contributed by atoms with van der Waals surface area (Å²) < 4.78 is 12.7. The van der Waals surface area contributed by atoms with Gasteiger partial charge in [-0.15, -0.1) is 0 Å². The van der Waals surface area contributed by atoms with Gasteiger partial charge in [-0.2, -0.15) is 0 Å². The zero-order valence-corrected chi connectivity index (χ0v) is 9.02. The van der Waals surface area contributed by atoms with Crippen LogP contribution in [0.5, 0.6) is 17.2 Å². The monoisotopic (exact) mass is 273 g/mol. The Bertz CT molecular complexity index is 539. The Hall–Kier alpha value is -3.17. The van der Waals surface area contributed by atoms with Gasteiger partial charge in [-0.1, -0.05) is 0 Å². The topological polar surface area (TPSA) is 166 Å². The van der Waals surface area contributed by atoms with Crippen LogP contribution in [0.1, 0.15) is 0 Å². The molecule has 0 amide bonds. The quantitative estimate of drug-likeness (QED) is 0.359. The van der Waals surface area contributed by atoms with E-state index in [9.17, 15) is 14.4 Å². The van der Waals surface area contributed by atoms with Gasteiger partial charge >= 0.3 is 18.5 Å². The van der Waals surface area contributed by atoms with E-state index in [1.54, 1.807) is 0 Å². The molecule has 1 aromatic rings. The molecule has 0 heterocycles. The summed E-state index contributed by atoms with van der Waals surface area (Å²) in [6.45, 7) is 0. The Morgan fingerprint density at radius 3 is 1.58 bits per heavy atom. The summed E-state index contributed by atoms with van der Waals surface area (Å²) in [4.78, 5) is 31.2.